The van der Waals surface area contributed by atoms with Crippen LogP contribution in [0.2, 0.25) is 0 Å². The fraction of sp³-hybridized carbons (Fsp3) is 0.222. The zero-order valence-electron chi connectivity index (χ0n) is 8.61. The SMILES string of the molecule is CCOc1c(F)cc(S(=O)(=O)F)cc1C(=O)O. The van der Waals surface area contributed by atoms with E-state index in [2.05, 4.69) is 0 Å². The van der Waals surface area contributed by atoms with Crippen molar-refractivity contribution in [2.45, 2.75) is 11.8 Å². The highest BCUT2D eigenvalue weighted by molar-refractivity contribution is 7.86. The summed E-state index contributed by atoms with van der Waals surface area (Å²) in [5.74, 6) is -3.48. The molecule has 1 N–H and O–H groups in total. The van der Waals surface area contributed by atoms with Crippen LogP contribution in [-0.4, -0.2) is 26.1 Å². The topological polar surface area (TPSA) is 80.7 Å². The van der Waals surface area contributed by atoms with Crippen molar-refractivity contribution in [2.24, 2.45) is 0 Å². The molecule has 0 radical (unpaired) electrons. The second-order valence-electron chi connectivity index (χ2n) is 2.96. The lowest BCUT2D eigenvalue weighted by Crippen LogP contribution is -2.07. The van der Waals surface area contributed by atoms with E-state index in [-0.39, 0.29) is 6.61 Å². The number of carboxylic acids is 1. The lowest BCUT2D eigenvalue weighted by Gasteiger charge is -2.09. The van der Waals surface area contributed by atoms with Crippen molar-refractivity contribution in [3.05, 3.63) is 23.5 Å². The van der Waals surface area contributed by atoms with Gasteiger partial charge in [0.1, 0.15) is 10.5 Å². The van der Waals surface area contributed by atoms with E-state index in [1.807, 2.05) is 0 Å². The van der Waals surface area contributed by atoms with Gasteiger partial charge in [-0.05, 0) is 19.1 Å². The van der Waals surface area contributed by atoms with E-state index in [4.69, 9.17) is 9.84 Å². The molecule has 0 atom stereocenters. The van der Waals surface area contributed by atoms with Gasteiger partial charge in [-0.2, -0.15) is 8.42 Å². The van der Waals surface area contributed by atoms with E-state index < -0.39 is 38.2 Å². The molecule has 8 heteroatoms. The predicted molar refractivity (Wildman–Crippen MR) is 52.8 cm³/mol. The normalized spacial score (nSPS) is 11.2. The average Bonchev–Trinajstić information content (AvgIpc) is 2.18. The van der Waals surface area contributed by atoms with Crippen LogP contribution in [-0.2, 0) is 10.2 Å². The minimum Gasteiger partial charge on any atom is -0.490 e. The van der Waals surface area contributed by atoms with Crippen LogP contribution in [0.25, 0.3) is 0 Å². The molecule has 0 spiro atoms. The van der Waals surface area contributed by atoms with Crippen LogP contribution in [0, 0.1) is 5.82 Å². The minimum absolute atomic E-state index is 0.0150. The molecule has 1 aromatic rings. The summed E-state index contributed by atoms with van der Waals surface area (Å²) in [5.41, 5.74) is -0.747. The first-order valence-electron chi connectivity index (χ1n) is 4.41. The molecule has 0 unspecified atom stereocenters. The van der Waals surface area contributed by atoms with Gasteiger partial charge >= 0.3 is 16.2 Å². The first-order chi connectivity index (χ1) is 7.77. The molecule has 0 aromatic heterocycles. The number of hydrogen-bond acceptors (Lipinski definition) is 4. The summed E-state index contributed by atoms with van der Waals surface area (Å²) in [6.45, 7) is 1.48. The van der Waals surface area contributed by atoms with E-state index in [1.165, 1.54) is 6.92 Å². The van der Waals surface area contributed by atoms with Crippen molar-refractivity contribution in [3.8, 4) is 5.75 Å². The minimum atomic E-state index is -5.17. The van der Waals surface area contributed by atoms with Gasteiger partial charge in [-0.1, -0.05) is 0 Å². The molecule has 0 saturated heterocycles. The zero-order chi connectivity index (χ0) is 13.2. The molecule has 0 heterocycles. The maximum absolute atomic E-state index is 13.4. The molecule has 0 saturated carbocycles. The van der Waals surface area contributed by atoms with Gasteiger partial charge < -0.3 is 9.84 Å². The Morgan fingerprint density at radius 3 is 2.47 bits per heavy atom. The summed E-state index contributed by atoms with van der Waals surface area (Å²) in [4.78, 5) is 9.70. The van der Waals surface area contributed by atoms with Gasteiger partial charge in [-0.3, -0.25) is 0 Å². The highest BCUT2D eigenvalue weighted by Gasteiger charge is 2.23. The van der Waals surface area contributed by atoms with Gasteiger partial charge in [0.15, 0.2) is 11.6 Å². The van der Waals surface area contributed by atoms with Crippen molar-refractivity contribution in [3.63, 3.8) is 0 Å². The number of carboxylic acid groups (broad SMARTS) is 1. The number of halogens is 2. The number of benzene rings is 1. The van der Waals surface area contributed by atoms with Crippen molar-refractivity contribution >= 4 is 16.2 Å². The second-order valence-corrected chi connectivity index (χ2v) is 4.30. The summed E-state index contributed by atoms with van der Waals surface area (Å²) in [5, 5.41) is 8.74. The molecule has 0 bridgehead atoms. The maximum atomic E-state index is 13.4. The Kier molecular flexibility index (Phi) is 3.66. The van der Waals surface area contributed by atoms with Gasteiger partial charge in [-0.25, -0.2) is 9.18 Å². The number of carbonyl (C=O) groups is 1. The molecule has 94 valence electrons. The Balaban J connectivity index is 3.52. The van der Waals surface area contributed by atoms with Crippen LogP contribution >= 0.6 is 0 Å². The third kappa shape index (κ3) is 2.90. The number of ether oxygens (including phenoxy) is 1. The Labute approximate surface area is 95.8 Å². The summed E-state index contributed by atoms with van der Waals surface area (Å²) in [6.07, 6.45) is 0. The van der Waals surface area contributed by atoms with Crippen molar-refractivity contribution < 1.29 is 31.3 Å². The van der Waals surface area contributed by atoms with Crippen LogP contribution < -0.4 is 4.74 Å². The molecule has 1 aromatic carbocycles. The smallest absolute Gasteiger partial charge is 0.339 e. The van der Waals surface area contributed by atoms with E-state index >= 15 is 0 Å². The standard InChI is InChI=1S/C9H8F2O5S/c1-2-16-8-6(9(12)13)3-5(4-7(8)10)17(11,14)15/h3-4H,2H2,1H3,(H,12,13). The molecule has 0 fully saturated rings. The van der Waals surface area contributed by atoms with Gasteiger partial charge in [0, 0.05) is 0 Å². The third-order valence-corrected chi connectivity index (χ3v) is 2.62. The number of hydrogen-bond donors (Lipinski definition) is 1. The van der Waals surface area contributed by atoms with Gasteiger partial charge in [-0.15, -0.1) is 3.89 Å². The van der Waals surface area contributed by atoms with Gasteiger partial charge in [0.05, 0.1) is 6.61 Å². The van der Waals surface area contributed by atoms with Crippen LogP contribution in [0.5, 0.6) is 5.75 Å². The zero-order valence-corrected chi connectivity index (χ0v) is 9.42. The van der Waals surface area contributed by atoms with E-state index in [0.717, 1.165) is 0 Å². The van der Waals surface area contributed by atoms with Gasteiger partial charge in [0.2, 0.25) is 0 Å². The second kappa shape index (κ2) is 4.66. The first kappa shape index (κ1) is 13.4. The number of rotatable bonds is 4. The largest absolute Gasteiger partial charge is 0.490 e. The van der Waals surface area contributed by atoms with Crippen LogP contribution in [0.15, 0.2) is 17.0 Å². The number of aromatic carboxylic acids is 1. The average molecular weight is 266 g/mol. The summed E-state index contributed by atoms with van der Waals surface area (Å²) in [6, 6.07) is 0.874. The van der Waals surface area contributed by atoms with Crippen LogP contribution in [0.1, 0.15) is 17.3 Å². The maximum Gasteiger partial charge on any atom is 0.339 e. The molecule has 0 aliphatic heterocycles. The predicted octanol–water partition coefficient (Wildman–Crippen LogP) is 1.58. The fourth-order valence-corrected chi connectivity index (χ4v) is 1.66. The van der Waals surface area contributed by atoms with E-state index in [9.17, 15) is 21.5 Å². The molecule has 0 aliphatic carbocycles. The fourth-order valence-electron chi connectivity index (χ4n) is 1.16. The summed E-state index contributed by atoms with van der Waals surface area (Å²) >= 11 is 0. The molecule has 17 heavy (non-hydrogen) atoms. The highest BCUT2D eigenvalue weighted by Crippen LogP contribution is 2.27. The summed E-state index contributed by atoms with van der Waals surface area (Å²) in [7, 11) is -5.17. The Morgan fingerprint density at radius 1 is 1.47 bits per heavy atom. The molecule has 5 nitrogen and oxygen atoms in total. The lowest BCUT2D eigenvalue weighted by molar-refractivity contribution is 0.0691. The Bertz CT molecular complexity index is 553. The Morgan fingerprint density at radius 2 is 2.06 bits per heavy atom. The third-order valence-electron chi connectivity index (χ3n) is 1.82. The molecular weight excluding hydrogens is 258 g/mol. The van der Waals surface area contributed by atoms with Crippen molar-refractivity contribution in [1.29, 1.82) is 0 Å². The molecule has 0 aliphatic rings. The van der Waals surface area contributed by atoms with Gasteiger partial charge in [0.25, 0.3) is 0 Å². The highest BCUT2D eigenvalue weighted by atomic mass is 32.3. The molecule has 1 rings (SSSR count). The molecular formula is C9H8F2O5S. The summed E-state index contributed by atoms with van der Waals surface area (Å²) < 4.78 is 51.9. The Hall–Kier alpha value is -1.70. The first-order valence-corrected chi connectivity index (χ1v) is 5.80. The van der Waals surface area contributed by atoms with Crippen molar-refractivity contribution in [1.82, 2.24) is 0 Å². The lowest BCUT2D eigenvalue weighted by atomic mass is 10.2. The van der Waals surface area contributed by atoms with Crippen LogP contribution in [0.3, 0.4) is 0 Å². The quantitative estimate of drug-likeness (QED) is 0.837. The van der Waals surface area contributed by atoms with E-state index in [1.54, 1.807) is 0 Å². The van der Waals surface area contributed by atoms with Crippen LogP contribution in [0.4, 0.5) is 8.28 Å². The van der Waals surface area contributed by atoms with E-state index in [0.29, 0.717) is 12.1 Å². The monoisotopic (exact) mass is 266 g/mol. The van der Waals surface area contributed by atoms with Crippen molar-refractivity contribution in [2.75, 3.05) is 6.61 Å². The molecule has 0 amide bonds.